The van der Waals surface area contributed by atoms with Crippen molar-refractivity contribution in [3.05, 3.63) is 94.8 Å². The fraction of sp³-hybridized carbons (Fsp3) is 0.208. The van der Waals surface area contributed by atoms with E-state index in [9.17, 15) is 9.59 Å². The van der Waals surface area contributed by atoms with Crippen molar-refractivity contribution in [2.75, 3.05) is 11.9 Å². The van der Waals surface area contributed by atoms with Crippen LogP contribution in [0.15, 0.2) is 67.0 Å². The molecule has 1 aromatic heterocycles. The van der Waals surface area contributed by atoms with Gasteiger partial charge in [-0.25, -0.2) is 0 Å². The van der Waals surface area contributed by atoms with Crippen LogP contribution in [0.2, 0.25) is 0 Å². The number of nitrogens with one attached hydrogen (secondary N) is 2. The summed E-state index contributed by atoms with van der Waals surface area (Å²) in [4.78, 5) is 29.0. The molecule has 0 radical (unpaired) electrons. The Balaban J connectivity index is 1.56. The Labute approximate surface area is 171 Å². The Hall–Kier alpha value is -3.47. The van der Waals surface area contributed by atoms with Crippen molar-refractivity contribution < 1.29 is 9.59 Å². The fourth-order valence-corrected chi connectivity index (χ4v) is 3.18. The molecule has 3 aromatic rings. The predicted molar refractivity (Wildman–Crippen MR) is 115 cm³/mol. The van der Waals surface area contributed by atoms with Crippen LogP contribution < -0.4 is 10.6 Å². The first kappa shape index (κ1) is 20.3. The number of carbonyl (C=O) groups is 2. The lowest BCUT2D eigenvalue weighted by atomic mass is 10.1. The molecule has 2 aromatic carbocycles. The summed E-state index contributed by atoms with van der Waals surface area (Å²) in [6.07, 6.45) is 4.68. The number of nitrogens with zero attached hydrogens (tertiary/aromatic N) is 1. The van der Waals surface area contributed by atoms with Gasteiger partial charge in [0, 0.05) is 24.6 Å². The summed E-state index contributed by atoms with van der Waals surface area (Å²) in [6.45, 7) is 4.52. The lowest BCUT2D eigenvalue weighted by Crippen LogP contribution is -2.25. The molecule has 1 heterocycles. The van der Waals surface area contributed by atoms with Crippen molar-refractivity contribution in [2.45, 2.75) is 26.7 Å². The second-order valence-corrected chi connectivity index (χ2v) is 7.14. The van der Waals surface area contributed by atoms with E-state index >= 15 is 0 Å². The maximum atomic E-state index is 12.5. The number of pyridine rings is 1. The van der Waals surface area contributed by atoms with Gasteiger partial charge < -0.3 is 10.6 Å². The molecule has 0 aliphatic heterocycles. The predicted octanol–water partition coefficient (Wildman–Crippen LogP) is 4.31. The molecule has 0 aliphatic rings. The average molecular weight is 387 g/mol. The minimum Gasteiger partial charge on any atom is -0.352 e. The molecule has 2 amide bonds. The molecule has 5 nitrogen and oxygen atoms in total. The Morgan fingerprint density at radius 2 is 1.52 bits per heavy atom. The van der Waals surface area contributed by atoms with E-state index in [-0.39, 0.29) is 11.8 Å². The third kappa shape index (κ3) is 6.01. The quantitative estimate of drug-likeness (QED) is 0.593. The number of rotatable bonds is 7. The van der Waals surface area contributed by atoms with Crippen molar-refractivity contribution >= 4 is 17.5 Å². The Bertz CT molecular complexity index is 980. The SMILES string of the molecule is Cc1cc(C)cc(NC(=O)c2cncc(C(=O)NCCCc3ccccc3)c2)c1. The largest absolute Gasteiger partial charge is 0.352 e. The van der Waals surface area contributed by atoms with Crippen LogP contribution in [0.5, 0.6) is 0 Å². The maximum absolute atomic E-state index is 12.5. The van der Waals surface area contributed by atoms with E-state index < -0.39 is 0 Å². The molecule has 29 heavy (non-hydrogen) atoms. The summed E-state index contributed by atoms with van der Waals surface area (Å²) >= 11 is 0. The topological polar surface area (TPSA) is 71.1 Å². The summed E-state index contributed by atoms with van der Waals surface area (Å²) in [5, 5.41) is 5.76. The molecule has 0 saturated heterocycles. The van der Waals surface area contributed by atoms with Crippen LogP contribution in [0.1, 0.15) is 43.8 Å². The van der Waals surface area contributed by atoms with Crippen LogP contribution in [0, 0.1) is 13.8 Å². The van der Waals surface area contributed by atoms with Gasteiger partial charge in [0.25, 0.3) is 11.8 Å². The van der Waals surface area contributed by atoms with Crippen molar-refractivity contribution in [1.82, 2.24) is 10.3 Å². The van der Waals surface area contributed by atoms with Gasteiger partial charge in [-0.3, -0.25) is 14.6 Å². The van der Waals surface area contributed by atoms with Gasteiger partial charge in [0.1, 0.15) is 0 Å². The second-order valence-electron chi connectivity index (χ2n) is 7.14. The van der Waals surface area contributed by atoms with Crippen LogP contribution in [0.25, 0.3) is 0 Å². The minimum atomic E-state index is -0.291. The van der Waals surface area contributed by atoms with Gasteiger partial charge in [-0.15, -0.1) is 0 Å². The number of amides is 2. The third-order valence-electron chi connectivity index (χ3n) is 4.51. The molecular formula is C24H25N3O2. The molecule has 0 saturated carbocycles. The van der Waals surface area contributed by atoms with Crippen LogP contribution in [0.4, 0.5) is 5.69 Å². The van der Waals surface area contributed by atoms with E-state index in [2.05, 4.69) is 27.8 Å². The first-order valence-electron chi connectivity index (χ1n) is 9.68. The monoisotopic (exact) mass is 387 g/mol. The van der Waals surface area contributed by atoms with E-state index in [4.69, 9.17) is 0 Å². The number of hydrogen-bond donors (Lipinski definition) is 2. The highest BCUT2D eigenvalue weighted by Gasteiger charge is 2.12. The zero-order valence-corrected chi connectivity index (χ0v) is 16.7. The van der Waals surface area contributed by atoms with E-state index in [1.165, 1.54) is 18.0 Å². The van der Waals surface area contributed by atoms with Crippen LogP contribution >= 0.6 is 0 Å². The molecule has 0 aliphatic carbocycles. The normalized spacial score (nSPS) is 10.4. The van der Waals surface area contributed by atoms with Crippen LogP contribution in [0.3, 0.4) is 0 Å². The minimum absolute atomic E-state index is 0.230. The Kier molecular flexibility index (Phi) is 6.74. The van der Waals surface area contributed by atoms with Crippen molar-refractivity contribution in [2.24, 2.45) is 0 Å². The van der Waals surface area contributed by atoms with Gasteiger partial charge in [0.05, 0.1) is 11.1 Å². The molecule has 148 valence electrons. The molecule has 0 fully saturated rings. The molecule has 0 spiro atoms. The molecule has 0 atom stereocenters. The molecule has 5 heteroatoms. The number of aryl methyl sites for hydroxylation is 3. The zero-order valence-electron chi connectivity index (χ0n) is 16.7. The Morgan fingerprint density at radius 1 is 0.862 bits per heavy atom. The number of hydrogen-bond acceptors (Lipinski definition) is 3. The van der Waals surface area contributed by atoms with E-state index in [0.29, 0.717) is 17.7 Å². The van der Waals surface area contributed by atoms with Gasteiger partial charge in [0.2, 0.25) is 0 Å². The number of aromatic nitrogens is 1. The lowest BCUT2D eigenvalue weighted by Gasteiger charge is -2.09. The number of benzene rings is 2. The summed E-state index contributed by atoms with van der Waals surface area (Å²) in [7, 11) is 0. The first-order chi connectivity index (χ1) is 14.0. The highest BCUT2D eigenvalue weighted by Crippen LogP contribution is 2.15. The van der Waals surface area contributed by atoms with Crippen LogP contribution in [-0.2, 0) is 6.42 Å². The van der Waals surface area contributed by atoms with Crippen molar-refractivity contribution in [3.63, 3.8) is 0 Å². The fourth-order valence-electron chi connectivity index (χ4n) is 3.18. The van der Waals surface area contributed by atoms with Gasteiger partial charge in [-0.1, -0.05) is 36.4 Å². The van der Waals surface area contributed by atoms with Crippen LogP contribution in [-0.4, -0.2) is 23.3 Å². The highest BCUT2D eigenvalue weighted by atomic mass is 16.2. The standard InChI is InChI=1S/C24H25N3O2/c1-17-11-18(2)13-22(12-17)27-24(29)21-14-20(15-25-16-21)23(28)26-10-6-9-19-7-4-3-5-8-19/h3-5,7-8,11-16H,6,9-10H2,1-2H3,(H,26,28)(H,27,29). The highest BCUT2D eigenvalue weighted by molar-refractivity contribution is 6.05. The van der Waals surface area contributed by atoms with Crippen molar-refractivity contribution in [1.29, 1.82) is 0 Å². The first-order valence-corrected chi connectivity index (χ1v) is 9.68. The summed E-state index contributed by atoms with van der Waals surface area (Å²) in [5.74, 6) is -0.521. The van der Waals surface area contributed by atoms with E-state index in [1.807, 2.05) is 50.2 Å². The Morgan fingerprint density at radius 3 is 2.21 bits per heavy atom. The number of carbonyl (C=O) groups excluding carboxylic acids is 2. The van der Waals surface area contributed by atoms with Gasteiger partial charge in [-0.2, -0.15) is 0 Å². The molecule has 2 N–H and O–H groups in total. The molecule has 0 bridgehead atoms. The summed E-state index contributed by atoms with van der Waals surface area (Å²) in [6, 6.07) is 17.6. The van der Waals surface area contributed by atoms with Gasteiger partial charge in [0.15, 0.2) is 0 Å². The molecule has 0 unspecified atom stereocenters. The smallest absolute Gasteiger partial charge is 0.257 e. The lowest BCUT2D eigenvalue weighted by molar-refractivity contribution is 0.0953. The number of anilines is 1. The second kappa shape index (κ2) is 9.64. The van der Waals surface area contributed by atoms with Gasteiger partial charge >= 0.3 is 0 Å². The third-order valence-corrected chi connectivity index (χ3v) is 4.51. The average Bonchev–Trinajstić information content (AvgIpc) is 2.71. The molecular weight excluding hydrogens is 362 g/mol. The van der Waals surface area contributed by atoms with E-state index in [0.717, 1.165) is 29.7 Å². The maximum Gasteiger partial charge on any atom is 0.257 e. The molecule has 3 rings (SSSR count). The summed E-state index contributed by atoms with van der Waals surface area (Å²) < 4.78 is 0. The summed E-state index contributed by atoms with van der Waals surface area (Å²) in [5.41, 5.74) is 4.83. The van der Waals surface area contributed by atoms with Gasteiger partial charge in [-0.05, 0) is 61.6 Å². The van der Waals surface area contributed by atoms with Crippen molar-refractivity contribution in [3.8, 4) is 0 Å². The zero-order chi connectivity index (χ0) is 20.6. The van der Waals surface area contributed by atoms with E-state index in [1.54, 1.807) is 6.07 Å².